The van der Waals surface area contributed by atoms with Gasteiger partial charge in [-0.05, 0) is 29.5 Å². The van der Waals surface area contributed by atoms with Crippen LogP contribution < -0.4 is 0 Å². The molecule has 1 aromatic rings. The summed E-state index contributed by atoms with van der Waals surface area (Å²) in [7, 11) is 3.45. The van der Waals surface area contributed by atoms with Gasteiger partial charge in [0.25, 0.3) is 5.91 Å². The first-order valence-corrected chi connectivity index (χ1v) is 4.54. The van der Waals surface area contributed by atoms with Crippen LogP contribution in [-0.2, 0) is 0 Å². The average Bonchev–Trinajstić information content (AvgIpc) is 2.30. The number of carbonyl (C=O) groups excluding carboxylic acids is 1. The smallest absolute Gasteiger partial charge is 0.257 e. The molecule has 0 bridgehead atoms. The lowest BCUT2D eigenvalue weighted by atomic mass is 10.2. The largest absolute Gasteiger partial charge is 0.345 e. The molecule has 66 valence electrons. The summed E-state index contributed by atoms with van der Waals surface area (Å²) < 4.78 is 0.726. The first kappa shape index (κ1) is 9.50. The summed E-state index contributed by atoms with van der Waals surface area (Å²) in [6.07, 6.45) is 0. The Morgan fingerprint density at radius 1 is 1.58 bits per heavy atom. The molecule has 0 aromatic carbocycles. The molecule has 4 nitrogen and oxygen atoms in total. The maximum atomic E-state index is 11.5. The van der Waals surface area contributed by atoms with E-state index >= 15 is 0 Å². The number of carbonyl (C=O) groups is 1. The van der Waals surface area contributed by atoms with Crippen molar-refractivity contribution in [2.45, 2.75) is 6.92 Å². The molecule has 1 amide bonds. The van der Waals surface area contributed by atoms with E-state index in [0.29, 0.717) is 5.56 Å². The molecule has 0 aliphatic heterocycles. The fourth-order valence-corrected chi connectivity index (χ4v) is 1.63. The van der Waals surface area contributed by atoms with E-state index in [9.17, 15) is 4.79 Å². The maximum Gasteiger partial charge on any atom is 0.257 e. The number of amides is 1. The second kappa shape index (κ2) is 3.42. The third kappa shape index (κ3) is 1.60. The van der Waals surface area contributed by atoms with Gasteiger partial charge in [0.1, 0.15) is 3.70 Å². The van der Waals surface area contributed by atoms with E-state index in [-0.39, 0.29) is 5.91 Å². The number of halogens is 1. The quantitative estimate of drug-likeness (QED) is 0.780. The molecule has 0 aliphatic carbocycles. The molecule has 1 N–H and O–H groups in total. The van der Waals surface area contributed by atoms with Crippen LogP contribution >= 0.6 is 22.6 Å². The Balaban J connectivity index is 3.09. The summed E-state index contributed by atoms with van der Waals surface area (Å²) >= 11 is 2.04. The van der Waals surface area contributed by atoms with Crippen LogP contribution in [0.15, 0.2) is 0 Å². The number of H-pyrrole nitrogens is 1. The summed E-state index contributed by atoms with van der Waals surface area (Å²) in [5, 5.41) is 6.70. The zero-order valence-corrected chi connectivity index (χ0v) is 9.34. The minimum atomic E-state index is -0.00866. The van der Waals surface area contributed by atoms with Crippen molar-refractivity contribution in [2.24, 2.45) is 0 Å². The van der Waals surface area contributed by atoms with Crippen molar-refractivity contribution >= 4 is 28.5 Å². The molecule has 0 saturated heterocycles. The predicted molar refractivity (Wildman–Crippen MR) is 54.1 cm³/mol. The molecule has 1 aromatic heterocycles. The van der Waals surface area contributed by atoms with Gasteiger partial charge in [-0.25, -0.2) is 0 Å². The molecule has 0 saturated carbocycles. The Morgan fingerprint density at radius 3 is 2.50 bits per heavy atom. The van der Waals surface area contributed by atoms with Gasteiger partial charge in [0.05, 0.1) is 5.56 Å². The number of aryl methyl sites for hydroxylation is 1. The molecule has 0 unspecified atom stereocenters. The maximum absolute atomic E-state index is 11.5. The topological polar surface area (TPSA) is 49.0 Å². The zero-order chi connectivity index (χ0) is 9.30. The second-order valence-corrected chi connectivity index (χ2v) is 3.74. The molecule has 12 heavy (non-hydrogen) atoms. The van der Waals surface area contributed by atoms with Gasteiger partial charge >= 0.3 is 0 Å². The van der Waals surface area contributed by atoms with Crippen molar-refractivity contribution in [1.29, 1.82) is 0 Å². The highest BCUT2D eigenvalue weighted by atomic mass is 127. The summed E-state index contributed by atoms with van der Waals surface area (Å²) in [6.45, 7) is 1.84. The molecule has 5 heteroatoms. The number of aromatic nitrogens is 2. The summed E-state index contributed by atoms with van der Waals surface area (Å²) in [4.78, 5) is 13.1. The van der Waals surface area contributed by atoms with Gasteiger partial charge in [0, 0.05) is 19.8 Å². The molecule has 0 radical (unpaired) electrons. The molecule has 1 rings (SSSR count). The molecular formula is C7H10IN3O. The van der Waals surface area contributed by atoms with E-state index in [1.54, 1.807) is 19.0 Å². The number of aromatic amines is 1. The minimum Gasteiger partial charge on any atom is -0.345 e. The van der Waals surface area contributed by atoms with Crippen LogP contribution in [0.3, 0.4) is 0 Å². The van der Waals surface area contributed by atoms with Crippen LogP contribution in [0, 0.1) is 10.6 Å². The summed E-state index contributed by atoms with van der Waals surface area (Å²) in [5.74, 6) is -0.00866. The van der Waals surface area contributed by atoms with E-state index in [0.717, 1.165) is 9.39 Å². The standard InChI is InChI=1S/C7H10IN3O/c1-4-5(6(8)10-9-4)7(12)11(2)3/h1-3H3,(H,9,10). The van der Waals surface area contributed by atoms with Crippen molar-refractivity contribution in [1.82, 2.24) is 15.1 Å². The number of hydrogen-bond acceptors (Lipinski definition) is 2. The van der Waals surface area contributed by atoms with Gasteiger partial charge < -0.3 is 4.90 Å². The molecular weight excluding hydrogens is 269 g/mol. The van der Waals surface area contributed by atoms with E-state index in [4.69, 9.17) is 0 Å². The summed E-state index contributed by atoms with van der Waals surface area (Å²) in [6, 6.07) is 0. The predicted octanol–water partition coefficient (Wildman–Crippen LogP) is 1.02. The Kier molecular flexibility index (Phi) is 2.71. The van der Waals surface area contributed by atoms with Crippen molar-refractivity contribution in [2.75, 3.05) is 14.1 Å². The Morgan fingerprint density at radius 2 is 2.17 bits per heavy atom. The van der Waals surface area contributed by atoms with Gasteiger partial charge in [-0.2, -0.15) is 5.10 Å². The SMILES string of the molecule is Cc1[nH]nc(I)c1C(=O)N(C)C. The van der Waals surface area contributed by atoms with Crippen LogP contribution in [0.25, 0.3) is 0 Å². The number of hydrogen-bond donors (Lipinski definition) is 1. The van der Waals surface area contributed by atoms with Gasteiger partial charge in [-0.1, -0.05) is 0 Å². The minimum absolute atomic E-state index is 0.00866. The first-order valence-electron chi connectivity index (χ1n) is 3.46. The fraction of sp³-hybridized carbons (Fsp3) is 0.429. The van der Waals surface area contributed by atoms with Crippen LogP contribution in [0.2, 0.25) is 0 Å². The lowest BCUT2D eigenvalue weighted by Crippen LogP contribution is -2.22. The van der Waals surface area contributed by atoms with E-state index in [1.807, 2.05) is 29.5 Å². The van der Waals surface area contributed by atoms with Crippen LogP contribution in [0.1, 0.15) is 16.1 Å². The molecule has 0 spiro atoms. The zero-order valence-electron chi connectivity index (χ0n) is 7.18. The molecule has 0 atom stereocenters. The van der Waals surface area contributed by atoms with E-state index < -0.39 is 0 Å². The van der Waals surface area contributed by atoms with Crippen molar-refractivity contribution < 1.29 is 4.79 Å². The monoisotopic (exact) mass is 279 g/mol. The number of nitrogens with one attached hydrogen (secondary N) is 1. The van der Waals surface area contributed by atoms with Gasteiger partial charge in [-0.3, -0.25) is 9.89 Å². The Labute approximate surface area is 84.5 Å². The highest BCUT2D eigenvalue weighted by Crippen LogP contribution is 2.13. The van der Waals surface area contributed by atoms with Gasteiger partial charge in [-0.15, -0.1) is 0 Å². The lowest BCUT2D eigenvalue weighted by Gasteiger charge is -2.08. The molecule has 0 aliphatic rings. The Bertz CT molecular complexity index is 286. The highest BCUT2D eigenvalue weighted by Gasteiger charge is 2.17. The van der Waals surface area contributed by atoms with E-state index in [2.05, 4.69) is 10.2 Å². The third-order valence-corrected chi connectivity index (χ3v) is 2.30. The van der Waals surface area contributed by atoms with Crippen molar-refractivity contribution in [3.8, 4) is 0 Å². The van der Waals surface area contributed by atoms with Crippen LogP contribution in [0.4, 0.5) is 0 Å². The fourth-order valence-electron chi connectivity index (χ4n) is 0.872. The third-order valence-electron chi connectivity index (χ3n) is 1.52. The van der Waals surface area contributed by atoms with Crippen molar-refractivity contribution in [3.63, 3.8) is 0 Å². The number of rotatable bonds is 1. The normalized spacial score (nSPS) is 10.0. The first-order chi connectivity index (χ1) is 5.54. The van der Waals surface area contributed by atoms with Crippen LogP contribution in [-0.4, -0.2) is 35.1 Å². The lowest BCUT2D eigenvalue weighted by molar-refractivity contribution is 0.0826. The Hall–Kier alpha value is -0.590. The highest BCUT2D eigenvalue weighted by molar-refractivity contribution is 14.1. The number of nitrogens with zero attached hydrogens (tertiary/aromatic N) is 2. The second-order valence-electron chi connectivity index (χ2n) is 2.71. The van der Waals surface area contributed by atoms with Gasteiger partial charge in [0.2, 0.25) is 0 Å². The molecule has 1 heterocycles. The summed E-state index contributed by atoms with van der Waals surface area (Å²) in [5.41, 5.74) is 1.48. The molecule has 0 fully saturated rings. The van der Waals surface area contributed by atoms with E-state index in [1.165, 1.54) is 0 Å². The average molecular weight is 279 g/mol. The van der Waals surface area contributed by atoms with Crippen molar-refractivity contribution in [3.05, 3.63) is 15.0 Å². The van der Waals surface area contributed by atoms with Crippen LogP contribution in [0.5, 0.6) is 0 Å². The van der Waals surface area contributed by atoms with Gasteiger partial charge in [0.15, 0.2) is 0 Å².